The van der Waals surface area contributed by atoms with Crippen molar-refractivity contribution in [2.24, 2.45) is 0 Å². The van der Waals surface area contributed by atoms with E-state index in [9.17, 15) is 14.4 Å². The van der Waals surface area contributed by atoms with Gasteiger partial charge in [0, 0.05) is 5.69 Å². The second-order valence-corrected chi connectivity index (χ2v) is 8.38. The maximum Gasteiger partial charge on any atom is 0.312 e. The van der Waals surface area contributed by atoms with Crippen molar-refractivity contribution in [3.63, 3.8) is 0 Å². The predicted molar refractivity (Wildman–Crippen MR) is 122 cm³/mol. The highest BCUT2D eigenvalue weighted by atomic mass is 32.1. The highest BCUT2D eigenvalue weighted by Gasteiger charge is 2.17. The lowest BCUT2D eigenvalue weighted by atomic mass is 10.1. The molecule has 2 amide bonds. The SMILES string of the molecule is Cc1cc(C)c(NC(=O)CNC(=O)COC(=O)Cc2nc(-c3cccs3)oc2C)c(C)c1. The maximum absolute atomic E-state index is 12.2. The Kier molecular flexibility index (Phi) is 7.42. The van der Waals surface area contributed by atoms with E-state index in [1.54, 1.807) is 6.92 Å². The fourth-order valence-corrected chi connectivity index (χ4v) is 3.87. The first kappa shape index (κ1) is 23.2. The Bertz CT molecular complexity index is 1110. The van der Waals surface area contributed by atoms with Crippen LogP contribution in [-0.4, -0.2) is 35.9 Å². The summed E-state index contributed by atoms with van der Waals surface area (Å²) in [6.07, 6.45) is -0.111. The second-order valence-electron chi connectivity index (χ2n) is 7.44. The van der Waals surface area contributed by atoms with Crippen LogP contribution in [0, 0.1) is 27.7 Å². The Balaban J connectivity index is 1.43. The molecule has 168 valence electrons. The largest absolute Gasteiger partial charge is 0.455 e. The zero-order valence-corrected chi connectivity index (χ0v) is 19.2. The van der Waals surface area contributed by atoms with Gasteiger partial charge in [0.05, 0.1) is 23.5 Å². The molecular weight excluding hydrogens is 430 g/mol. The van der Waals surface area contributed by atoms with Gasteiger partial charge < -0.3 is 19.8 Å². The van der Waals surface area contributed by atoms with E-state index in [-0.39, 0.29) is 18.9 Å². The molecule has 2 N–H and O–H groups in total. The number of carbonyl (C=O) groups excluding carboxylic acids is 3. The van der Waals surface area contributed by atoms with E-state index in [0.29, 0.717) is 17.3 Å². The lowest BCUT2D eigenvalue weighted by Crippen LogP contribution is -2.36. The number of anilines is 1. The summed E-state index contributed by atoms with van der Waals surface area (Å²) in [7, 11) is 0. The molecular formula is C23H25N3O5S. The number of thiophene rings is 1. The van der Waals surface area contributed by atoms with Crippen molar-refractivity contribution in [2.45, 2.75) is 34.1 Å². The van der Waals surface area contributed by atoms with E-state index in [1.807, 2.05) is 50.4 Å². The summed E-state index contributed by atoms with van der Waals surface area (Å²) in [4.78, 5) is 41.4. The number of rotatable bonds is 8. The quantitative estimate of drug-likeness (QED) is 0.503. The first-order valence-corrected chi connectivity index (χ1v) is 10.9. The lowest BCUT2D eigenvalue weighted by Gasteiger charge is -2.13. The van der Waals surface area contributed by atoms with Crippen molar-refractivity contribution >= 4 is 34.8 Å². The molecule has 0 saturated heterocycles. The van der Waals surface area contributed by atoms with Crippen molar-refractivity contribution in [2.75, 3.05) is 18.5 Å². The van der Waals surface area contributed by atoms with E-state index in [2.05, 4.69) is 15.6 Å². The third-order valence-corrected chi connectivity index (χ3v) is 5.55. The van der Waals surface area contributed by atoms with Crippen LogP contribution in [0.15, 0.2) is 34.1 Å². The normalized spacial score (nSPS) is 10.6. The second kappa shape index (κ2) is 10.2. The topological polar surface area (TPSA) is 111 Å². The molecule has 3 rings (SSSR count). The zero-order chi connectivity index (χ0) is 23.3. The Morgan fingerprint density at radius 2 is 1.81 bits per heavy atom. The molecule has 0 aliphatic rings. The van der Waals surface area contributed by atoms with E-state index < -0.39 is 18.5 Å². The number of oxazole rings is 1. The summed E-state index contributed by atoms with van der Waals surface area (Å²) in [5.74, 6) is -0.568. The van der Waals surface area contributed by atoms with Gasteiger partial charge >= 0.3 is 5.97 Å². The summed E-state index contributed by atoms with van der Waals surface area (Å²) in [6, 6.07) is 7.71. The third kappa shape index (κ3) is 6.04. The smallest absolute Gasteiger partial charge is 0.312 e. The van der Waals surface area contributed by atoms with Crippen LogP contribution < -0.4 is 10.6 Å². The first-order valence-electron chi connectivity index (χ1n) is 10.0. The third-order valence-electron chi connectivity index (χ3n) is 4.69. The molecule has 32 heavy (non-hydrogen) atoms. The van der Waals surface area contributed by atoms with Crippen molar-refractivity contribution in [1.29, 1.82) is 0 Å². The number of esters is 1. The van der Waals surface area contributed by atoms with Crippen LogP contribution in [0.2, 0.25) is 0 Å². The summed E-state index contributed by atoms with van der Waals surface area (Å²) in [5.41, 5.74) is 4.19. The summed E-state index contributed by atoms with van der Waals surface area (Å²) < 4.78 is 10.6. The van der Waals surface area contributed by atoms with E-state index >= 15 is 0 Å². The standard InChI is InChI=1S/C23H25N3O5S/c1-13-8-14(2)22(15(3)9-13)26-19(27)11-24-20(28)12-30-21(29)10-17-16(4)31-23(25-17)18-6-5-7-32-18/h5-9H,10-12H2,1-4H3,(H,24,28)(H,26,27). The maximum atomic E-state index is 12.2. The molecule has 3 aromatic rings. The average molecular weight is 456 g/mol. The van der Waals surface area contributed by atoms with Gasteiger partial charge in [-0.3, -0.25) is 14.4 Å². The number of aryl methyl sites for hydroxylation is 4. The molecule has 0 fully saturated rings. The predicted octanol–water partition coefficient (Wildman–Crippen LogP) is 3.48. The van der Waals surface area contributed by atoms with Crippen molar-refractivity contribution in [3.8, 4) is 10.8 Å². The molecule has 0 radical (unpaired) electrons. The van der Waals surface area contributed by atoms with Crippen LogP contribution in [0.25, 0.3) is 10.8 Å². The zero-order valence-electron chi connectivity index (χ0n) is 18.4. The molecule has 9 heteroatoms. The number of hydrogen-bond acceptors (Lipinski definition) is 7. The van der Waals surface area contributed by atoms with Gasteiger partial charge in [-0.05, 0) is 50.3 Å². The Morgan fingerprint density at radius 3 is 2.47 bits per heavy atom. The number of nitrogens with one attached hydrogen (secondary N) is 2. The molecule has 0 saturated carbocycles. The molecule has 0 bridgehead atoms. The van der Waals surface area contributed by atoms with Gasteiger partial charge in [-0.1, -0.05) is 23.8 Å². The van der Waals surface area contributed by atoms with Crippen LogP contribution in [0.3, 0.4) is 0 Å². The highest BCUT2D eigenvalue weighted by Crippen LogP contribution is 2.26. The van der Waals surface area contributed by atoms with Crippen molar-refractivity contribution in [1.82, 2.24) is 10.3 Å². The molecule has 0 aliphatic heterocycles. The van der Waals surface area contributed by atoms with Gasteiger partial charge in [-0.15, -0.1) is 11.3 Å². The average Bonchev–Trinajstić information content (AvgIpc) is 3.38. The molecule has 0 spiro atoms. The fraction of sp³-hybridized carbons (Fsp3) is 0.304. The van der Waals surface area contributed by atoms with Gasteiger partial charge in [0.1, 0.15) is 5.76 Å². The number of carbonyl (C=O) groups is 3. The Morgan fingerprint density at radius 1 is 1.09 bits per heavy atom. The van der Waals surface area contributed by atoms with Crippen LogP contribution in [0.4, 0.5) is 5.69 Å². The Labute approximate surface area is 190 Å². The molecule has 0 unspecified atom stereocenters. The summed E-state index contributed by atoms with van der Waals surface area (Å²) in [6.45, 7) is 6.82. The molecule has 8 nitrogen and oxygen atoms in total. The van der Waals surface area contributed by atoms with Gasteiger partial charge in [-0.25, -0.2) is 4.98 Å². The molecule has 2 heterocycles. The van der Waals surface area contributed by atoms with E-state index in [0.717, 1.165) is 27.3 Å². The number of benzene rings is 1. The number of ether oxygens (including phenoxy) is 1. The summed E-state index contributed by atoms with van der Waals surface area (Å²) >= 11 is 1.48. The van der Waals surface area contributed by atoms with Crippen LogP contribution >= 0.6 is 11.3 Å². The van der Waals surface area contributed by atoms with Crippen LogP contribution in [-0.2, 0) is 25.5 Å². The number of hydrogen-bond donors (Lipinski definition) is 2. The minimum Gasteiger partial charge on any atom is -0.455 e. The molecule has 1 aromatic carbocycles. The fourth-order valence-electron chi connectivity index (χ4n) is 3.22. The first-order chi connectivity index (χ1) is 15.2. The molecule has 2 aromatic heterocycles. The molecule has 0 atom stereocenters. The minimum absolute atomic E-state index is 0.111. The van der Waals surface area contributed by atoms with Gasteiger partial charge in [-0.2, -0.15) is 0 Å². The lowest BCUT2D eigenvalue weighted by molar-refractivity contribution is -0.148. The summed E-state index contributed by atoms with van der Waals surface area (Å²) in [5, 5.41) is 7.15. The molecule has 0 aliphatic carbocycles. The number of aromatic nitrogens is 1. The number of amides is 2. The van der Waals surface area contributed by atoms with E-state index in [1.165, 1.54) is 11.3 Å². The highest BCUT2D eigenvalue weighted by molar-refractivity contribution is 7.13. The van der Waals surface area contributed by atoms with Gasteiger partial charge in [0.15, 0.2) is 6.61 Å². The Hall–Kier alpha value is -3.46. The van der Waals surface area contributed by atoms with E-state index in [4.69, 9.17) is 9.15 Å². The monoisotopic (exact) mass is 455 g/mol. The number of nitrogens with zero attached hydrogens (tertiary/aromatic N) is 1. The van der Waals surface area contributed by atoms with Crippen molar-refractivity contribution < 1.29 is 23.5 Å². The van der Waals surface area contributed by atoms with Gasteiger partial charge in [0.25, 0.3) is 5.91 Å². The van der Waals surface area contributed by atoms with Crippen molar-refractivity contribution in [3.05, 3.63) is 57.8 Å². The van der Waals surface area contributed by atoms with Crippen LogP contribution in [0.1, 0.15) is 28.1 Å². The van der Waals surface area contributed by atoms with Crippen LogP contribution in [0.5, 0.6) is 0 Å². The minimum atomic E-state index is -0.607. The van der Waals surface area contributed by atoms with Gasteiger partial charge in [0.2, 0.25) is 11.8 Å².